The Morgan fingerprint density at radius 1 is 1.33 bits per heavy atom. The predicted octanol–water partition coefficient (Wildman–Crippen LogP) is 1.10. The summed E-state index contributed by atoms with van der Waals surface area (Å²) in [5, 5.41) is 0. The van der Waals surface area contributed by atoms with Gasteiger partial charge in [0, 0.05) is 15.9 Å². The van der Waals surface area contributed by atoms with Gasteiger partial charge >= 0.3 is 0 Å². The first-order valence-corrected chi connectivity index (χ1v) is 2.92. The second kappa shape index (κ2) is 7.01. The number of carbonyl (C=O) groups is 1. The van der Waals surface area contributed by atoms with Crippen LogP contribution in [0.1, 0.15) is 0 Å². The molecule has 2 heteroatoms. The highest BCUT2D eigenvalue weighted by molar-refractivity contribution is 9.12. The van der Waals surface area contributed by atoms with Crippen LogP contribution in [0, 0.1) is 22.6 Å². The Kier molecular flexibility index (Phi) is 6.24. The predicted molar refractivity (Wildman–Crippen MR) is 39.7 cm³/mol. The van der Waals surface area contributed by atoms with Crippen LogP contribution in [0.2, 0.25) is 0 Å². The molecule has 0 radical (unpaired) electrons. The molecule has 0 aliphatic heterocycles. The van der Waals surface area contributed by atoms with E-state index in [0.717, 1.165) is 0 Å². The lowest BCUT2D eigenvalue weighted by atomic mass is 10.5. The maximum atomic E-state index is 9.64. The first kappa shape index (κ1) is 8.01. The molecule has 0 aromatic heterocycles. The Hall–Kier alpha value is -0.990. The highest BCUT2D eigenvalue weighted by atomic mass is 79.9. The van der Waals surface area contributed by atoms with Gasteiger partial charge in [-0.2, -0.15) is 0 Å². The van der Waals surface area contributed by atoms with Crippen molar-refractivity contribution in [3.8, 4) is 22.6 Å². The van der Waals surface area contributed by atoms with E-state index in [1.807, 2.05) is 0 Å². The molecule has 1 nitrogen and oxygen atoms in total. The van der Waals surface area contributed by atoms with E-state index in [1.165, 1.54) is 12.2 Å². The molecule has 0 saturated heterocycles. The van der Waals surface area contributed by atoms with Crippen LogP contribution in [-0.4, -0.2) is 6.29 Å². The summed E-state index contributed by atoms with van der Waals surface area (Å²) in [7, 11) is 0. The van der Waals surface area contributed by atoms with E-state index >= 15 is 0 Å². The Bertz CT molecular complexity index is 219. The molecule has 0 aliphatic rings. The van der Waals surface area contributed by atoms with Crippen molar-refractivity contribution in [2.75, 3.05) is 0 Å². The molecule has 0 N–H and O–H groups in total. The van der Waals surface area contributed by atoms with Crippen molar-refractivity contribution in [1.29, 1.82) is 0 Å². The maximum absolute atomic E-state index is 9.64. The van der Waals surface area contributed by atoms with Gasteiger partial charge in [-0.1, -0.05) is 5.92 Å². The van der Waals surface area contributed by atoms with Crippen molar-refractivity contribution in [3.05, 3.63) is 12.2 Å². The van der Waals surface area contributed by atoms with Crippen molar-refractivity contribution in [1.82, 2.24) is 0 Å². The molecule has 0 atom stereocenters. The number of hydrogen-bond donors (Lipinski definition) is 0. The number of halogens is 1. The van der Waals surface area contributed by atoms with Crippen LogP contribution in [0.3, 0.4) is 0 Å². The first-order valence-electron chi connectivity index (χ1n) is 2.13. The third-order valence-electron chi connectivity index (χ3n) is 0.440. The van der Waals surface area contributed by atoms with Crippen LogP contribution in [0.25, 0.3) is 0 Å². The summed E-state index contributed by atoms with van der Waals surface area (Å²) in [6.45, 7) is 0. The maximum Gasteiger partial charge on any atom is 0.143 e. The third kappa shape index (κ3) is 7.01. The van der Waals surface area contributed by atoms with Gasteiger partial charge in [0.05, 0.1) is 0 Å². The summed E-state index contributed by atoms with van der Waals surface area (Å²) in [6, 6.07) is 0. The highest BCUT2D eigenvalue weighted by Gasteiger charge is 1.56. The number of carbonyl (C=O) groups excluding carboxylic acids is 1. The molecule has 0 bridgehead atoms. The minimum absolute atomic E-state index is 0.663. The van der Waals surface area contributed by atoms with Crippen LogP contribution in [0.4, 0.5) is 0 Å². The fourth-order valence-electron chi connectivity index (χ4n) is 0.189. The monoisotopic (exact) mass is 182 g/mol. The Morgan fingerprint density at radius 2 is 2.11 bits per heavy atom. The van der Waals surface area contributed by atoms with E-state index < -0.39 is 0 Å². The van der Waals surface area contributed by atoms with E-state index in [2.05, 4.69) is 38.5 Å². The first-order chi connectivity index (χ1) is 4.41. The number of rotatable bonds is 1. The van der Waals surface area contributed by atoms with Crippen LogP contribution < -0.4 is 0 Å². The molecule has 0 rings (SSSR count). The van der Waals surface area contributed by atoms with E-state index in [0.29, 0.717) is 6.29 Å². The van der Waals surface area contributed by atoms with E-state index in [4.69, 9.17) is 0 Å². The van der Waals surface area contributed by atoms with E-state index in [1.54, 1.807) is 0 Å². The van der Waals surface area contributed by atoms with Gasteiger partial charge < -0.3 is 0 Å². The molecule has 0 aromatic carbocycles. The van der Waals surface area contributed by atoms with Gasteiger partial charge in [-0.05, 0) is 28.8 Å². The molecule has 0 unspecified atom stereocenters. The Labute approximate surface area is 62.3 Å². The minimum atomic E-state index is 0.663. The average molecular weight is 183 g/mol. The fraction of sp³-hybridized carbons (Fsp3) is 0. The lowest BCUT2D eigenvalue weighted by molar-refractivity contribution is -0.104. The zero-order valence-corrected chi connectivity index (χ0v) is 6.10. The molecule has 0 heterocycles. The standard InChI is InChI=1S/C7H3BrO/c8-6-4-2-1-3-5-7-9/h3,5,7H/b5-3+. The SMILES string of the molecule is O=C/C=C/C#CC#CBr. The largest absolute Gasteiger partial charge is 0.299 e. The topological polar surface area (TPSA) is 17.1 Å². The Balaban J connectivity index is 3.70. The van der Waals surface area contributed by atoms with Gasteiger partial charge in [0.2, 0.25) is 0 Å². The van der Waals surface area contributed by atoms with Crippen LogP contribution >= 0.6 is 15.9 Å². The highest BCUT2D eigenvalue weighted by Crippen LogP contribution is 1.67. The smallest absolute Gasteiger partial charge is 0.143 e. The molecular formula is C7H3BrO. The molecular weight excluding hydrogens is 180 g/mol. The Morgan fingerprint density at radius 3 is 2.67 bits per heavy atom. The van der Waals surface area contributed by atoms with E-state index in [-0.39, 0.29) is 0 Å². The zero-order valence-electron chi connectivity index (χ0n) is 4.52. The summed E-state index contributed by atoms with van der Waals surface area (Å²) < 4.78 is 0. The van der Waals surface area contributed by atoms with Gasteiger partial charge in [-0.25, -0.2) is 0 Å². The van der Waals surface area contributed by atoms with Gasteiger partial charge in [-0.3, -0.25) is 4.79 Å². The van der Waals surface area contributed by atoms with Crippen molar-refractivity contribution < 1.29 is 4.79 Å². The number of allylic oxidation sites excluding steroid dienone is 2. The van der Waals surface area contributed by atoms with Crippen molar-refractivity contribution in [2.45, 2.75) is 0 Å². The van der Waals surface area contributed by atoms with Crippen molar-refractivity contribution in [3.63, 3.8) is 0 Å². The summed E-state index contributed by atoms with van der Waals surface area (Å²) in [4.78, 5) is 12.0. The summed E-state index contributed by atoms with van der Waals surface area (Å²) in [5.41, 5.74) is 0. The quantitative estimate of drug-likeness (QED) is 0.338. The van der Waals surface area contributed by atoms with Crippen LogP contribution in [0.5, 0.6) is 0 Å². The second-order valence-corrected chi connectivity index (χ2v) is 1.38. The van der Waals surface area contributed by atoms with Gasteiger partial charge in [0.1, 0.15) is 6.29 Å². The summed E-state index contributed by atoms with van der Waals surface area (Å²) >= 11 is 2.86. The minimum Gasteiger partial charge on any atom is -0.299 e. The molecule has 0 amide bonds. The van der Waals surface area contributed by atoms with Gasteiger partial charge in [0.15, 0.2) is 0 Å². The number of aldehydes is 1. The molecule has 44 valence electrons. The lowest BCUT2D eigenvalue weighted by Gasteiger charge is -1.57. The zero-order chi connectivity index (χ0) is 6.95. The molecule has 0 aromatic rings. The molecule has 0 saturated carbocycles. The molecule has 0 fully saturated rings. The molecule has 0 spiro atoms. The normalized spacial score (nSPS) is 6.78. The van der Waals surface area contributed by atoms with E-state index in [9.17, 15) is 4.79 Å². The van der Waals surface area contributed by atoms with Gasteiger partial charge in [0.25, 0.3) is 0 Å². The van der Waals surface area contributed by atoms with Crippen molar-refractivity contribution in [2.24, 2.45) is 0 Å². The fourth-order valence-corrected chi connectivity index (χ4v) is 0.288. The second-order valence-electron chi connectivity index (χ2n) is 0.984. The summed E-state index contributed by atoms with van der Waals surface area (Å²) in [6.07, 6.45) is 3.41. The lowest BCUT2D eigenvalue weighted by Crippen LogP contribution is -1.55. The third-order valence-corrected chi connectivity index (χ3v) is 0.638. The van der Waals surface area contributed by atoms with Crippen LogP contribution in [0.15, 0.2) is 12.2 Å². The molecule has 0 aliphatic carbocycles. The average Bonchev–Trinajstić information content (AvgIpc) is 1.89. The van der Waals surface area contributed by atoms with Gasteiger partial charge in [-0.15, -0.1) is 0 Å². The van der Waals surface area contributed by atoms with Crippen molar-refractivity contribution >= 4 is 22.2 Å². The summed E-state index contributed by atoms with van der Waals surface area (Å²) in [5.74, 6) is 7.43. The molecule has 9 heavy (non-hydrogen) atoms. The number of hydrogen-bond acceptors (Lipinski definition) is 1. The van der Waals surface area contributed by atoms with Crippen LogP contribution in [-0.2, 0) is 4.79 Å².